The first-order valence-corrected chi connectivity index (χ1v) is 7.43. The van der Waals surface area contributed by atoms with Gasteiger partial charge in [0.25, 0.3) is 0 Å². The van der Waals surface area contributed by atoms with E-state index in [1.165, 1.54) is 5.56 Å². The average Bonchev–Trinajstić information content (AvgIpc) is 2.35. The van der Waals surface area contributed by atoms with E-state index in [0.717, 1.165) is 31.1 Å². The van der Waals surface area contributed by atoms with Gasteiger partial charge < -0.3 is 10.1 Å². The second-order valence-corrected chi connectivity index (χ2v) is 5.98. The van der Waals surface area contributed by atoms with Crippen LogP contribution < -0.4 is 5.32 Å². The maximum absolute atomic E-state index is 6.24. The third-order valence-corrected chi connectivity index (χ3v) is 3.92. The first-order valence-electron chi connectivity index (χ1n) is 6.68. The van der Waals surface area contributed by atoms with Crippen LogP contribution in [0.5, 0.6) is 0 Å². The third-order valence-electron chi connectivity index (χ3n) is 3.33. The Kier molecular flexibility index (Phi) is 7.77. The van der Waals surface area contributed by atoms with E-state index >= 15 is 0 Å². The zero-order chi connectivity index (χ0) is 14.3. The van der Waals surface area contributed by atoms with Gasteiger partial charge in [0.05, 0.1) is 6.61 Å². The maximum Gasteiger partial charge on any atom is 0.0587 e. The summed E-state index contributed by atoms with van der Waals surface area (Å²) in [4.78, 5) is 0. The van der Waals surface area contributed by atoms with Gasteiger partial charge in [0.15, 0.2) is 0 Å². The molecular formula is C15H23Cl2NO. The third kappa shape index (κ3) is 6.13. The number of ether oxygens (including phenoxy) is 1. The molecule has 0 aliphatic heterocycles. The molecule has 108 valence electrons. The minimum atomic E-state index is 0.551. The molecule has 0 aliphatic carbocycles. The Hall–Kier alpha value is -0.280. The van der Waals surface area contributed by atoms with Crippen LogP contribution in [-0.2, 0) is 11.2 Å². The smallest absolute Gasteiger partial charge is 0.0587 e. The summed E-state index contributed by atoms with van der Waals surface area (Å²) in [5.74, 6) is 1.15. The molecule has 1 N–H and O–H groups in total. The summed E-state index contributed by atoms with van der Waals surface area (Å²) in [6.07, 6.45) is 0.966. The predicted molar refractivity (Wildman–Crippen MR) is 83.2 cm³/mol. The number of methoxy groups -OCH3 is 1. The van der Waals surface area contributed by atoms with Gasteiger partial charge in [-0.1, -0.05) is 43.1 Å². The van der Waals surface area contributed by atoms with E-state index in [1.54, 1.807) is 7.11 Å². The topological polar surface area (TPSA) is 21.3 Å². The van der Waals surface area contributed by atoms with E-state index in [0.29, 0.717) is 16.9 Å². The summed E-state index contributed by atoms with van der Waals surface area (Å²) >= 11 is 12.2. The van der Waals surface area contributed by atoms with Crippen molar-refractivity contribution in [2.24, 2.45) is 11.8 Å². The number of hydrogen-bond donors (Lipinski definition) is 1. The van der Waals surface area contributed by atoms with Crippen molar-refractivity contribution in [2.75, 3.05) is 26.8 Å². The van der Waals surface area contributed by atoms with E-state index in [9.17, 15) is 0 Å². The average molecular weight is 304 g/mol. The molecule has 0 saturated heterocycles. The molecule has 0 heterocycles. The van der Waals surface area contributed by atoms with Gasteiger partial charge in [-0.3, -0.25) is 0 Å². The predicted octanol–water partition coefficient (Wildman–Crippen LogP) is 4.04. The van der Waals surface area contributed by atoms with Crippen LogP contribution in [0.4, 0.5) is 0 Å². The minimum Gasteiger partial charge on any atom is -0.383 e. The van der Waals surface area contributed by atoms with Crippen LogP contribution in [0, 0.1) is 11.8 Å². The van der Waals surface area contributed by atoms with Crippen LogP contribution in [0.15, 0.2) is 18.2 Å². The van der Waals surface area contributed by atoms with Gasteiger partial charge in [-0.2, -0.15) is 0 Å². The number of nitrogens with one attached hydrogen (secondary N) is 1. The van der Waals surface area contributed by atoms with Crippen LogP contribution in [-0.4, -0.2) is 26.8 Å². The van der Waals surface area contributed by atoms with Gasteiger partial charge in [0.1, 0.15) is 0 Å². The van der Waals surface area contributed by atoms with E-state index in [2.05, 4.69) is 19.2 Å². The van der Waals surface area contributed by atoms with Crippen molar-refractivity contribution in [2.45, 2.75) is 20.3 Å². The van der Waals surface area contributed by atoms with Gasteiger partial charge in [0.2, 0.25) is 0 Å². The maximum atomic E-state index is 6.24. The fourth-order valence-electron chi connectivity index (χ4n) is 1.97. The van der Waals surface area contributed by atoms with Gasteiger partial charge in [-0.05, 0) is 42.5 Å². The highest BCUT2D eigenvalue weighted by molar-refractivity contribution is 6.35. The number of halogens is 2. The molecule has 2 nitrogen and oxygen atoms in total. The molecule has 19 heavy (non-hydrogen) atoms. The fourth-order valence-corrected chi connectivity index (χ4v) is 2.46. The van der Waals surface area contributed by atoms with Crippen molar-refractivity contribution >= 4 is 23.2 Å². The van der Waals surface area contributed by atoms with Gasteiger partial charge >= 0.3 is 0 Å². The molecule has 1 atom stereocenters. The normalized spacial score (nSPS) is 12.9. The van der Waals surface area contributed by atoms with Crippen LogP contribution in [0.1, 0.15) is 19.4 Å². The Labute approximate surface area is 126 Å². The molecule has 0 amide bonds. The molecule has 0 aliphatic rings. The Morgan fingerprint density at radius 3 is 2.58 bits per heavy atom. The zero-order valence-electron chi connectivity index (χ0n) is 11.9. The molecule has 1 unspecified atom stereocenters. The number of rotatable bonds is 8. The zero-order valence-corrected chi connectivity index (χ0v) is 13.4. The van der Waals surface area contributed by atoms with E-state index < -0.39 is 0 Å². The molecule has 0 spiro atoms. The lowest BCUT2D eigenvalue weighted by Gasteiger charge is -2.22. The van der Waals surface area contributed by atoms with Gasteiger partial charge in [-0.25, -0.2) is 0 Å². The van der Waals surface area contributed by atoms with Crippen LogP contribution in [0.3, 0.4) is 0 Å². The largest absolute Gasteiger partial charge is 0.383 e. The molecule has 1 rings (SSSR count). The summed E-state index contributed by atoms with van der Waals surface area (Å²) in [5.41, 5.74) is 1.17. The molecule has 1 aromatic carbocycles. The second kappa shape index (κ2) is 8.80. The summed E-state index contributed by atoms with van der Waals surface area (Å²) in [5, 5.41) is 4.87. The highest BCUT2D eigenvalue weighted by atomic mass is 35.5. The van der Waals surface area contributed by atoms with Crippen molar-refractivity contribution in [3.63, 3.8) is 0 Å². The first kappa shape index (κ1) is 16.8. The first-order chi connectivity index (χ1) is 9.04. The molecule has 0 fully saturated rings. The Morgan fingerprint density at radius 1 is 1.26 bits per heavy atom. The van der Waals surface area contributed by atoms with Crippen molar-refractivity contribution < 1.29 is 4.74 Å². The van der Waals surface area contributed by atoms with Crippen LogP contribution in [0.2, 0.25) is 10.0 Å². The van der Waals surface area contributed by atoms with Crippen LogP contribution in [0.25, 0.3) is 0 Å². The summed E-state index contributed by atoms with van der Waals surface area (Å²) in [6, 6.07) is 5.74. The summed E-state index contributed by atoms with van der Waals surface area (Å²) in [6.45, 7) is 7.08. The summed E-state index contributed by atoms with van der Waals surface area (Å²) < 4.78 is 5.04. The standard InChI is InChI=1S/C15H23Cl2NO/c1-11(2)13(10-18-6-7-19-3)8-12-4-5-14(16)9-15(12)17/h4-5,9,11,13,18H,6-8,10H2,1-3H3. The minimum absolute atomic E-state index is 0.551. The van der Waals surface area contributed by atoms with E-state index in [1.807, 2.05) is 18.2 Å². The lowest BCUT2D eigenvalue weighted by atomic mass is 9.89. The summed E-state index contributed by atoms with van der Waals surface area (Å²) in [7, 11) is 1.72. The quantitative estimate of drug-likeness (QED) is 0.732. The monoisotopic (exact) mass is 303 g/mol. The SMILES string of the molecule is COCCNCC(Cc1ccc(Cl)cc1Cl)C(C)C. The highest BCUT2D eigenvalue weighted by Crippen LogP contribution is 2.25. The van der Waals surface area contributed by atoms with E-state index in [-0.39, 0.29) is 0 Å². The molecular weight excluding hydrogens is 281 g/mol. The van der Waals surface area contributed by atoms with Gasteiger partial charge in [0, 0.05) is 23.7 Å². The lowest BCUT2D eigenvalue weighted by Crippen LogP contribution is -2.30. The highest BCUT2D eigenvalue weighted by Gasteiger charge is 2.15. The molecule has 0 radical (unpaired) electrons. The Balaban J connectivity index is 2.57. The molecule has 0 saturated carbocycles. The Morgan fingerprint density at radius 2 is 2.00 bits per heavy atom. The molecule has 4 heteroatoms. The lowest BCUT2D eigenvalue weighted by molar-refractivity contribution is 0.196. The molecule has 0 bridgehead atoms. The molecule has 1 aromatic rings. The van der Waals surface area contributed by atoms with Crippen molar-refractivity contribution in [3.05, 3.63) is 33.8 Å². The molecule has 0 aromatic heterocycles. The van der Waals surface area contributed by atoms with Crippen molar-refractivity contribution in [1.82, 2.24) is 5.32 Å². The van der Waals surface area contributed by atoms with E-state index in [4.69, 9.17) is 27.9 Å². The van der Waals surface area contributed by atoms with Crippen molar-refractivity contribution in [3.8, 4) is 0 Å². The number of benzene rings is 1. The van der Waals surface area contributed by atoms with Crippen molar-refractivity contribution in [1.29, 1.82) is 0 Å². The van der Waals surface area contributed by atoms with Crippen LogP contribution >= 0.6 is 23.2 Å². The number of hydrogen-bond acceptors (Lipinski definition) is 2. The second-order valence-electron chi connectivity index (χ2n) is 5.14. The fraction of sp³-hybridized carbons (Fsp3) is 0.600. The van der Waals surface area contributed by atoms with Gasteiger partial charge in [-0.15, -0.1) is 0 Å². The Bertz CT molecular complexity index is 382.